The zero-order valence-corrected chi connectivity index (χ0v) is 10.5. The number of rotatable bonds is 2. The highest BCUT2D eigenvalue weighted by Gasteiger charge is 2.31. The summed E-state index contributed by atoms with van der Waals surface area (Å²) >= 11 is 0. The van der Waals surface area contributed by atoms with E-state index in [4.69, 9.17) is 10.5 Å². The lowest BCUT2D eigenvalue weighted by Gasteiger charge is -2.22. The van der Waals surface area contributed by atoms with Crippen LogP contribution in [0, 0.1) is 0 Å². The van der Waals surface area contributed by atoms with Gasteiger partial charge in [-0.05, 0) is 25.0 Å². The maximum absolute atomic E-state index is 12.0. The molecule has 0 aliphatic carbocycles. The molecule has 0 amide bonds. The zero-order chi connectivity index (χ0) is 12.5. The van der Waals surface area contributed by atoms with Crippen molar-refractivity contribution in [2.24, 2.45) is 0 Å². The van der Waals surface area contributed by atoms with E-state index in [9.17, 15) is 8.42 Å². The first-order valence-electron chi connectivity index (χ1n) is 5.56. The number of nitrogen functional groups attached to an aromatic ring is 1. The smallest absolute Gasteiger partial charge is 0.237 e. The minimum atomic E-state index is -3.07. The van der Waals surface area contributed by atoms with E-state index in [-0.39, 0.29) is 5.75 Å². The summed E-state index contributed by atoms with van der Waals surface area (Å²) in [6.07, 6.45) is 2.28. The van der Waals surface area contributed by atoms with E-state index in [0.717, 1.165) is 12.8 Å². The molecule has 5 nitrogen and oxygen atoms in total. The number of anilines is 1. The third kappa shape index (κ3) is 2.36. The molecular weight excluding hydrogens is 240 g/mol. The quantitative estimate of drug-likeness (QED) is 0.862. The fourth-order valence-electron chi connectivity index (χ4n) is 2.09. The first kappa shape index (κ1) is 12.2. The Balaban J connectivity index is 2.39. The van der Waals surface area contributed by atoms with Gasteiger partial charge in [-0.25, -0.2) is 13.4 Å². The van der Waals surface area contributed by atoms with Crippen molar-refractivity contribution in [1.82, 2.24) is 4.98 Å². The number of aromatic nitrogens is 1. The van der Waals surface area contributed by atoms with Crippen LogP contribution in [0.1, 0.15) is 30.2 Å². The van der Waals surface area contributed by atoms with Crippen molar-refractivity contribution >= 4 is 15.5 Å². The molecule has 1 saturated heterocycles. The Morgan fingerprint density at radius 2 is 2.18 bits per heavy atom. The standard InChI is InChI=1S/C11H16N2O3S/c1-16-11-8(12)5-6-9(13-11)10-4-2-3-7-17(10,14)15/h5-6,10H,2-4,7,12H2,1H3. The van der Waals surface area contributed by atoms with Crippen molar-refractivity contribution < 1.29 is 13.2 Å². The van der Waals surface area contributed by atoms with Crippen LogP contribution in [0.15, 0.2) is 12.1 Å². The summed E-state index contributed by atoms with van der Waals surface area (Å²) in [7, 11) is -1.60. The van der Waals surface area contributed by atoms with Gasteiger partial charge in [0.1, 0.15) is 5.25 Å². The lowest BCUT2D eigenvalue weighted by molar-refractivity contribution is 0.398. The summed E-state index contributed by atoms with van der Waals surface area (Å²) in [5.41, 5.74) is 6.62. The Morgan fingerprint density at radius 1 is 1.41 bits per heavy atom. The van der Waals surface area contributed by atoms with Gasteiger partial charge in [0.2, 0.25) is 5.88 Å². The molecule has 1 aromatic rings. The first-order valence-corrected chi connectivity index (χ1v) is 7.28. The number of nitrogens with two attached hydrogens (primary N) is 1. The van der Waals surface area contributed by atoms with E-state index in [0.29, 0.717) is 23.7 Å². The highest BCUT2D eigenvalue weighted by molar-refractivity contribution is 7.91. The maximum atomic E-state index is 12.0. The van der Waals surface area contributed by atoms with Crippen LogP contribution in [-0.2, 0) is 9.84 Å². The molecule has 17 heavy (non-hydrogen) atoms. The van der Waals surface area contributed by atoms with E-state index in [1.165, 1.54) is 7.11 Å². The van der Waals surface area contributed by atoms with Gasteiger partial charge in [-0.3, -0.25) is 0 Å². The van der Waals surface area contributed by atoms with Crippen molar-refractivity contribution in [1.29, 1.82) is 0 Å². The van der Waals surface area contributed by atoms with Crippen molar-refractivity contribution in [3.8, 4) is 5.88 Å². The first-order chi connectivity index (χ1) is 8.04. The Bertz CT molecular complexity index is 513. The molecular formula is C11H16N2O3S. The van der Waals surface area contributed by atoms with Crippen LogP contribution in [0.3, 0.4) is 0 Å². The van der Waals surface area contributed by atoms with E-state index < -0.39 is 15.1 Å². The molecule has 0 saturated carbocycles. The fraction of sp³-hybridized carbons (Fsp3) is 0.545. The summed E-state index contributed by atoms with van der Waals surface area (Å²) < 4.78 is 28.9. The zero-order valence-electron chi connectivity index (χ0n) is 9.72. The lowest BCUT2D eigenvalue weighted by Crippen LogP contribution is -2.22. The number of hydrogen-bond donors (Lipinski definition) is 1. The molecule has 1 unspecified atom stereocenters. The van der Waals surface area contributed by atoms with E-state index in [1.54, 1.807) is 12.1 Å². The van der Waals surface area contributed by atoms with Gasteiger partial charge in [0.25, 0.3) is 0 Å². The molecule has 2 heterocycles. The van der Waals surface area contributed by atoms with Gasteiger partial charge in [-0.2, -0.15) is 0 Å². The number of hydrogen-bond acceptors (Lipinski definition) is 5. The second-order valence-electron chi connectivity index (χ2n) is 4.19. The molecule has 1 aliphatic heterocycles. The normalized spacial score (nSPS) is 23.2. The summed E-state index contributed by atoms with van der Waals surface area (Å²) in [4.78, 5) is 4.18. The molecule has 1 aromatic heterocycles. The number of nitrogens with zero attached hydrogens (tertiary/aromatic N) is 1. The number of methoxy groups -OCH3 is 1. The molecule has 1 fully saturated rings. The van der Waals surface area contributed by atoms with E-state index in [1.807, 2.05) is 0 Å². The second kappa shape index (κ2) is 4.52. The summed E-state index contributed by atoms with van der Waals surface area (Å²) in [6.45, 7) is 0. The molecule has 0 radical (unpaired) electrons. The molecule has 2 rings (SSSR count). The van der Waals surface area contributed by atoms with Crippen molar-refractivity contribution in [3.63, 3.8) is 0 Å². The molecule has 6 heteroatoms. The van der Waals surface area contributed by atoms with Crippen molar-refractivity contribution in [3.05, 3.63) is 17.8 Å². The lowest BCUT2D eigenvalue weighted by atomic mass is 10.1. The SMILES string of the molecule is COc1nc(C2CCCCS2(=O)=O)ccc1N. The van der Waals surface area contributed by atoms with Crippen LogP contribution in [-0.4, -0.2) is 26.3 Å². The molecule has 0 spiro atoms. The van der Waals surface area contributed by atoms with Crippen LogP contribution in [0.5, 0.6) is 5.88 Å². The minimum absolute atomic E-state index is 0.242. The van der Waals surface area contributed by atoms with Gasteiger partial charge < -0.3 is 10.5 Å². The highest BCUT2D eigenvalue weighted by atomic mass is 32.2. The topological polar surface area (TPSA) is 82.3 Å². The second-order valence-corrected chi connectivity index (χ2v) is 6.49. The van der Waals surface area contributed by atoms with Crippen LogP contribution in [0.2, 0.25) is 0 Å². The number of ether oxygens (including phenoxy) is 1. The van der Waals surface area contributed by atoms with Crippen LogP contribution >= 0.6 is 0 Å². The average molecular weight is 256 g/mol. The molecule has 1 atom stereocenters. The Kier molecular flexibility index (Phi) is 3.24. The Morgan fingerprint density at radius 3 is 2.82 bits per heavy atom. The largest absolute Gasteiger partial charge is 0.480 e. The number of sulfone groups is 1. The number of pyridine rings is 1. The monoisotopic (exact) mass is 256 g/mol. The highest BCUT2D eigenvalue weighted by Crippen LogP contribution is 2.34. The summed E-state index contributed by atoms with van der Waals surface area (Å²) in [6, 6.07) is 3.32. The molecule has 1 aliphatic rings. The molecule has 0 bridgehead atoms. The predicted molar refractivity (Wildman–Crippen MR) is 65.6 cm³/mol. The van der Waals surface area contributed by atoms with Gasteiger partial charge in [0.05, 0.1) is 24.2 Å². The third-order valence-corrected chi connectivity index (χ3v) is 5.22. The van der Waals surface area contributed by atoms with E-state index >= 15 is 0 Å². The van der Waals surface area contributed by atoms with Gasteiger partial charge in [-0.1, -0.05) is 6.42 Å². The van der Waals surface area contributed by atoms with Crippen molar-refractivity contribution in [2.75, 3.05) is 18.6 Å². The third-order valence-electron chi connectivity index (χ3n) is 3.01. The van der Waals surface area contributed by atoms with Gasteiger partial charge in [0.15, 0.2) is 9.84 Å². The van der Waals surface area contributed by atoms with Gasteiger partial charge in [-0.15, -0.1) is 0 Å². The predicted octanol–water partition coefficient (Wildman–Crippen LogP) is 1.31. The van der Waals surface area contributed by atoms with Gasteiger partial charge in [0, 0.05) is 0 Å². The summed E-state index contributed by atoms with van der Waals surface area (Å²) in [5, 5.41) is -0.509. The summed E-state index contributed by atoms with van der Waals surface area (Å²) in [5.74, 6) is 0.537. The van der Waals surface area contributed by atoms with Crippen LogP contribution < -0.4 is 10.5 Å². The fourth-order valence-corrected chi connectivity index (χ4v) is 4.01. The Hall–Kier alpha value is -1.30. The average Bonchev–Trinajstić information content (AvgIpc) is 2.30. The van der Waals surface area contributed by atoms with Crippen LogP contribution in [0.25, 0.3) is 0 Å². The van der Waals surface area contributed by atoms with Crippen molar-refractivity contribution in [2.45, 2.75) is 24.5 Å². The Labute approximate surface area is 101 Å². The van der Waals surface area contributed by atoms with E-state index in [2.05, 4.69) is 4.98 Å². The van der Waals surface area contributed by atoms with Gasteiger partial charge >= 0.3 is 0 Å². The minimum Gasteiger partial charge on any atom is -0.480 e. The molecule has 0 aromatic carbocycles. The molecule has 2 N–H and O–H groups in total. The molecule has 94 valence electrons. The van der Waals surface area contributed by atoms with Crippen LogP contribution in [0.4, 0.5) is 5.69 Å². The maximum Gasteiger partial charge on any atom is 0.237 e.